The van der Waals surface area contributed by atoms with Gasteiger partial charge in [-0.1, -0.05) is 6.07 Å². The van der Waals surface area contributed by atoms with Gasteiger partial charge in [0.2, 0.25) is 5.17 Å². The summed E-state index contributed by atoms with van der Waals surface area (Å²) in [4.78, 5) is 16.8. The van der Waals surface area contributed by atoms with E-state index in [1.807, 2.05) is 30.5 Å². The summed E-state index contributed by atoms with van der Waals surface area (Å²) >= 11 is 1.18. The molecule has 1 aromatic carbocycles. The second-order valence-electron chi connectivity index (χ2n) is 7.04. The molecule has 0 saturated heterocycles. The Bertz CT molecular complexity index is 1330. The van der Waals surface area contributed by atoms with Crippen molar-refractivity contribution in [2.75, 3.05) is 0 Å². The van der Waals surface area contributed by atoms with Crippen LogP contribution in [0.4, 0.5) is 4.39 Å². The molecular weight excluding hydrogens is 417 g/mol. The third-order valence-corrected chi connectivity index (χ3v) is 5.95. The van der Waals surface area contributed by atoms with Gasteiger partial charge in [0.1, 0.15) is 5.82 Å². The van der Waals surface area contributed by atoms with Crippen molar-refractivity contribution in [3.63, 3.8) is 0 Å². The van der Waals surface area contributed by atoms with E-state index in [9.17, 15) is 9.18 Å². The Labute approximate surface area is 181 Å². The first-order valence-corrected chi connectivity index (χ1v) is 10.2. The fourth-order valence-electron chi connectivity index (χ4n) is 3.59. The lowest BCUT2D eigenvalue weighted by Gasteiger charge is -2.20. The standard InChI is InChI=1S/C22H16FN5O2S/c1-12-9-14(13(2)27(12)16-6-3-5-15(23)11-16)10-17-19(24)28-22(25-20(17)29)31-21(26-28)18-7-4-8-30-18/h3-11,24H,1-2H3/b17-10+,24-19?. The minimum Gasteiger partial charge on any atom is -0.462 e. The van der Waals surface area contributed by atoms with Crippen LogP contribution < -0.4 is 0 Å². The molecule has 0 unspecified atom stereocenters. The van der Waals surface area contributed by atoms with Crippen LogP contribution in [-0.4, -0.2) is 31.5 Å². The SMILES string of the molecule is Cc1cc(/C=C2\C(=N)N3N=C(c4ccco4)SC3=NC2=O)c(C)n1-c1cccc(F)c1. The van der Waals surface area contributed by atoms with E-state index in [1.165, 1.54) is 35.2 Å². The topological polar surface area (TPSA) is 87.0 Å². The van der Waals surface area contributed by atoms with Crippen LogP contribution in [0.2, 0.25) is 0 Å². The molecule has 1 N–H and O–H groups in total. The summed E-state index contributed by atoms with van der Waals surface area (Å²) in [6, 6.07) is 11.7. The average molecular weight is 433 g/mol. The molecule has 5 rings (SSSR count). The van der Waals surface area contributed by atoms with Gasteiger partial charge in [0.25, 0.3) is 5.91 Å². The molecule has 0 spiro atoms. The molecule has 3 aromatic rings. The van der Waals surface area contributed by atoms with E-state index in [4.69, 9.17) is 9.83 Å². The third-order valence-electron chi connectivity index (χ3n) is 5.02. The predicted octanol–water partition coefficient (Wildman–Crippen LogP) is 4.49. The van der Waals surface area contributed by atoms with Crippen LogP contribution >= 0.6 is 11.8 Å². The van der Waals surface area contributed by atoms with Gasteiger partial charge in [0, 0.05) is 17.1 Å². The van der Waals surface area contributed by atoms with Crippen molar-refractivity contribution in [2.24, 2.45) is 10.1 Å². The maximum atomic E-state index is 13.7. The van der Waals surface area contributed by atoms with E-state index in [-0.39, 0.29) is 17.2 Å². The van der Waals surface area contributed by atoms with Crippen LogP contribution in [0.1, 0.15) is 22.7 Å². The Balaban J connectivity index is 1.53. The summed E-state index contributed by atoms with van der Waals surface area (Å²) in [7, 11) is 0. The monoisotopic (exact) mass is 433 g/mol. The Morgan fingerprint density at radius 1 is 1.19 bits per heavy atom. The number of aromatic nitrogens is 1. The number of furan rings is 1. The van der Waals surface area contributed by atoms with Crippen LogP contribution in [0, 0.1) is 25.1 Å². The fraction of sp³-hybridized carbons (Fsp3) is 0.0909. The van der Waals surface area contributed by atoms with E-state index in [0.29, 0.717) is 21.7 Å². The number of amidine groups is 2. The molecule has 0 radical (unpaired) electrons. The molecule has 31 heavy (non-hydrogen) atoms. The second kappa shape index (κ2) is 7.21. The zero-order valence-electron chi connectivity index (χ0n) is 16.6. The first-order valence-electron chi connectivity index (χ1n) is 9.41. The molecule has 0 atom stereocenters. The molecule has 0 aliphatic carbocycles. The van der Waals surface area contributed by atoms with E-state index in [2.05, 4.69) is 10.1 Å². The summed E-state index contributed by atoms with van der Waals surface area (Å²) < 4.78 is 21.0. The fourth-order valence-corrected chi connectivity index (χ4v) is 4.45. The Kier molecular flexibility index (Phi) is 4.48. The number of aliphatic imine (C=N–C) groups is 1. The molecule has 7 nitrogen and oxygen atoms in total. The highest BCUT2D eigenvalue weighted by molar-refractivity contribution is 8.27. The molecule has 1 amide bonds. The van der Waals surface area contributed by atoms with Crippen molar-refractivity contribution in [3.05, 3.63) is 82.8 Å². The highest BCUT2D eigenvalue weighted by atomic mass is 32.2. The van der Waals surface area contributed by atoms with Gasteiger partial charge in [-0.15, -0.1) is 0 Å². The highest BCUT2D eigenvalue weighted by Crippen LogP contribution is 2.32. The number of benzene rings is 1. The van der Waals surface area contributed by atoms with E-state index in [1.54, 1.807) is 24.3 Å². The molecular formula is C22H16FN5O2S. The van der Waals surface area contributed by atoms with E-state index >= 15 is 0 Å². The quantitative estimate of drug-likeness (QED) is 0.617. The van der Waals surface area contributed by atoms with Crippen molar-refractivity contribution in [1.82, 2.24) is 9.58 Å². The Morgan fingerprint density at radius 2 is 2.03 bits per heavy atom. The first kappa shape index (κ1) is 19.3. The van der Waals surface area contributed by atoms with Crippen molar-refractivity contribution in [2.45, 2.75) is 13.8 Å². The average Bonchev–Trinajstić information content (AvgIpc) is 3.45. The molecule has 4 heterocycles. The van der Waals surface area contributed by atoms with Crippen molar-refractivity contribution in [3.8, 4) is 5.69 Å². The number of halogens is 1. The van der Waals surface area contributed by atoms with Gasteiger partial charge >= 0.3 is 0 Å². The van der Waals surface area contributed by atoms with Crippen LogP contribution in [0.15, 0.2) is 68.8 Å². The maximum absolute atomic E-state index is 13.7. The first-order chi connectivity index (χ1) is 14.9. The molecule has 9 heteroatoms. The van der Waals surface area contributed by atoms with Gasteiger partial charge in [0.15, 0.2) is 16.6 Å². The third kappa shape index (κ3) is 3.23. The summed E-state index contributed by atoms with van der Waals surface area (Å²) in [5, 5.41) is 15.1. The lowest BCUT2D eigenvalue weighted by molar-refractivity contribution is -0.114. The van der Waals surface area contributed by atoms with Gasteiger partial charge in [-0.3, -0.25) is 10.2 Å². The summed E-state index contributed by atoms with van der Waals surface area (Å²) in [6.45, 7) is 3.79. The summed E-state index contributed by atoms with van der Waals surface area (Å²) in [5.41, 5.74) is 3.27. The second-order valence-corrected chi connectivity index (χ2v) is 8.00. The van der Waals surface area contributed by atoms with Gasteiger partial charge in [-0.2, -0.15) is 15.1 Å². The molecule has 0 bridgehead atoms. The van der Waals surface area contributed by atoms with E-state index < -0.39 is 5.91 Å². The smallest absolute Gasteiger partial charge is 0.283 e. The lowest BCUT2D eigenvalue weighted by atomic mass is 10.1. The van der Waals surface area contributed by atoms with Crippen LogP contribution in [-0.2, 0) is 4.79 Å². The van der Waals surface area contributed by atoms with Gasteiger partial charge < -0.3 is 8.98 Å². The van der Waals surface area contributed by atoms with Gasteiger partial charge in [-0.25, -0.2) is 4.39 Å². The number of hydrogen-bond acceptors (Lipinski definition) is 5. The normalized spacial score (nSPS) is 17.3. The molecule has 154 valence electrons. The van der Waals surface area contributed by atoms with Crippen LogP contribution in [0.25, 0.3) is 11.8 Å². The maximum Gasteiger partial charge on any atom is 0.283 e. The Morgan fingerprint density at radius 3 is 2.77 bits per heavy atom. The van der Waals surface area contributed by atoms with Gasteiger partial charge in [-0.05, 0) is 73.6 Å². The minimum atomic E-state index is -0.504. The number of aryl methyl sites for hydroxylation is 1. The number of carbonyl (C=O) groups is 1. The zero-order valence-corrected chi connectivity index (χ0v) is 17.4. The van der Waals surface area contributed by atoms with Crippen LogP contribution in [0.5, 0.6) is 0 Å². The number of rotatable bonds is 3. The number of thioether (sulfide) groups is 1. The number of amides is 1. The van der Waals surface area contributed by atoms with Crippen molar-refractivity contribution < 1.29 is 13.6 Å². The van der Waals surface area contributed by atoms with Crippen molar-refractivity contribution >= 4 is 39.8 Å². The lowest BCUT2D eigenvalue weighted by Crippen LogP contribution is -2.35. The highest BCUT2D eigenvalue weighted by Gasteiger charge is 2.36. The van der Waals surface area contributed by atoms with Gasteiger partial charge in [0.05, 0.1) is 11.8 Å². The molecule has 2 aromatic heterocycles. The number of hydrazone groups is 1. The minimum absolute atomic E-state index is 0.0559. The summed E-state index contributed by atoms with van der Waals surface area (Å²) in [5.74, 6) is -0.339. The van der Waals surface area contributed by atoms with Crippen molar-refractivity contribution in [1.29, 1.82) is 5.41 Å². The molecule has 0 fully saturated rings. The number of nitrogens with one attached hydrogen (secondary N) is 1. The number of fused-ring (bicyclic) bond motifs is 1. The predicted molar refractivity (Wildman–Crippen MR) is 118 cm³/mol. The summed E-state index contributed by atoms with van der Waals surface area (Å²) in [6.07, 6.45) is 3.17. The number of hydrogen-bond donors (Lipinski definition) is 1. The molecule has 2 aliphatic rings. The molecule has 0 saturated carbocycles. The molecule has 2 aliphatic heterocycles. The van der Waals surface area contributed by atoms with Crippen LogP contribution in [0.3, 0.4) is 0 Å². The zero-order chi connectivity index (χ0) is 21.7. The number of nitrogens with zero attached hydrogens (tertiary/aromatic N) is 4. The van der Waals surface area contributed by atoms with E-state index in [0.717, 1.165) is 17.0 Å². The largest absolute Gasteiger partial charge is 0.462 e. The Hall–Kier alpha value is -3.72. The number of carbonyl (C=O) groups excluding carboxylic acids is 1.